The maximum atomic E-state index is 14.1. The number of rotatable bonds is 6. The molecule has 0 aliphatic heterocycles. The van der Waals surface area contributed by atoms with Crippen LogP contribution in [0.4, 0.5) is 23.2 Å². The highest BCUT2D eigenvalue weighted by Gasteiger charge is 2.31. The van der Waals surface area contributed by atoms with Gasteiger partial charge in [0.2, 0.25) is 10.0 Å². The van der Waals surface area contributed by atoms with E-state index in [-0.39, 0.29) is 34.6 Å². The first-order valence-electron chi connectivity index (χ1n) is 11.8. The lowest BCUT2D eigenvalue weighted by atomic mass is 10.0. The molecule has 13 heteroatoms. The molecule has 39 heavy (non-hydrogen) atoms. The summed E-state index contributed by atoms with van der Waals surface area (Å²) in [6.07, 6.45) is -1.49. The summed E-state index contributed by atoms with van der Waals surface area (Å²) in [5.74, 6) is -0.854. The Balaban J connectivity index is 1.76. The van der Waals surface area contributed by atoms with Gasteiger partial charge in [-0.25, -0.2) is 17.8 Å². The second kappa shape index (κ2) is 9.26. The van der Waals surface area contributed by atoms with Gasteiger partial charge in [0.1, 0.15) is 22.7 Å². The predicted octanol–water partition coefficient (Wildman–Crippen LogP) is 5.16. The summed E-state index contributed by atoms with van der Waals surface area (Å²) in [5, 5.41) is 0.601. The lowest BCUT2D eigenvalue weighted by molar-refractivity contribution is -0.137. The Kier molecular flexibility index (Phi) is 6.29. The van der Waals surface area contributed by atoms with Crippen molar-refractivity contribution in [3.05, 3.63) is 81.9 Å². The number of alkyl halides is 3. The van der Waals surface area contributed by atoms with Crippen LogP contribution in [0.1, 0.15) is 23.9 Å². The SMILES string of the molecule is CCS(=O)(=O)Nc1cc(-c2cn(C)c(=O)c3[nH]ccc23)cc2c1nc(C)n2Cc1cc(F)cc(C(F)(F)F)c1. The Morgan fingerprint density at radius 2 is 1.87 bits per heavy atom. The van der Waals surface area contributed by atoms with E-state index in [0.29, 0.717) is 39.4 Å². The molecule has 0 saturated carbocycles. The molecule has 5 aromatic rings. The third kappa shape index (κ3) is 4.89. The molecule has 2 N–H and O–H groups in total. The van der Waals surface area contributed by atoms with E-state index >= 15 is 0 Å². The average Bonchev–Trinajstić information content (AvgIpc) is 3.46. The number of nitrogens with one attached hydrogen (secondary N) is 2. The number of aromatic amines is 1. The number of sulfonamides is 1. The van der Waals surface area contributed by atoms with Gasteiger partial charge < -0.3 is 14.1 Å². The molecule has 204 valence electrons. The standard InChI is InChI=1S/C26H23F4N5O3S/c1-4-39(37,38)33-21-9-16(20-13-34(3)25(36)23-19(20)5-6-31-23)10-22-24(21)32-14(2)35(22)12-15-7-17(26(28,29)30)11-18(27)8-15/h5-11,13,31,33H,4,12H2,1-3H3. The molecule has 0 unspecified atom stereocenters. The van der Waals surface area contributed by atoms with E-state index in [1.54, 1.807) is 49.1 Å². The maximum Gasteiger partial charge on any atom is 0.416 e. The fourth-order valence-corrected chi connectivity index (χ4v) is 5.23. The van der Waals surface area contributed by atoms with E-state index < -0.39 is 27.6 Å². The van der Waals surface area contributed by atoms with Gasteiger partial charge in [0.15, 0.2) is 0 Å². The lowest BCUT2D eigenvalue weighted by Gasteiger charge is -2.14. The molecule has 0 spiro atoms. The van der Waals surface area contributed by atoms with Crippen LogP contribution in [-0.4, -0.2) is 33.3 Å². The molecule has 0 radical (unpaired) electrons. The van der Waals surface area contributed by atoms with E-state index in [1.807, 2.05) is 0 Å². The number of aromatic nitrogens is 4. The highest BCUT2D eigenvalue weighted by atomic mass is 32.2. The summed E-state index contributed by atoms with van der Waals surface area (Å²) in [6, 6.07) is 7.36. The second-order valence-corrected chi connectivity index (χ2v) is 11.2. The topological polar surface area (TPSA) is 102 Å². The summed E-state index contributed by atoms with van der Waals surface area (Å²) in [4.78, 5) is 20.0. The third-order valence-corrected chi connectivity index (χ3v) is 7.81. The van der Waals surface area contributed by atoms with Crippen LogP contribution < -0.4 is 10.3 Å². The number of hydrogen-bond donors (Lipinski definition) is 2. The Hall–Kier alpha value is -4.13. The van der Waals surface area contributed by atoms with Crippen LogP contribution in [0.2, 0.25) is 0 Å². The summed E-state index contributed by atoms with van der Waals surface area (Å²) < 4.78 is 84.7. The van der Waals surface area contributed by atoms with E-state index in [0.717, 1.165) is 12.1 Å². The molecule has 0 aliphatic rings. The molecule has 0 fully saturated rings. The fraction of sp³-hybridized carbons (Fsp3) is 0.231. The van der Waals surface area contributed by atoms with Gasteiger partial charge in [-0.3, -0.25) is 9.52 Å². The number of aryl methyl sites for hydroxylation is 2. The number of hydrogen-bond acceptors (Lipinski definition) is 4. The predicted molar refractivity (Wildman–Crippen MR) is 141 cm³/mol. The maximum absolute atomic E-state index is 14.1. The molecule has 0 saturated heterocycles. The average molecular weight is 562 g/mol. The van der Waals surface area contributed by atoms with Crippen molar-refractivity contribution in [3.8, 4) is 11.1 Å². The highest BCUT2D eigenvalue weighted by Crippen LogP contribution is 2.36. The molecule has 3 aromatic heterocycles. The van der Waals surface area contributed by atoms with Gasteiger partial charge in [-0.05, 0) is 61.4 Å². The van der Waals surface area contributed by atoms with Crippen LogP contribution >= 0.6 is 0 Å². The molecule has 0 bridgehead atoms. The summed E-state index contributed by atoms with van der Waals surface area (Å²) in [6.45, 7) is 2.95. The van der Waals surface area contributed by atoms with Crippen LogP contribution in [0.5, 0.6) is 0 Å². The van der Waals surface area contributed by atoms with Gasteiger partial charge in [0, 0.05) is 36.9 Å². The van der Waals surface area contributed by atoms with Gasteiger partial charge in [-0.1, -0.05) is 0 Å². The van der Waals surface area contributed by atoms with Crippen LogP contribution in [0, 0.1) is 12.7 Å². The second-order valence-electron chi connectivity index (χ2n) is 9.21. The minimum Gasteiger partial charge on any atom is -0.357 e. The van der Waals surface area contributed by atoms with Gasteiger partial charge in [0.25, 0.3) is 5.56 Å². The first-order chi connectivity index (χ1) is 18.3. The Bertz CT molecular complexity index is 1920. The molecule has 3 heterocycles. The van der Waals surface area contributed by atoms with E-state index in [4.69, 9.17) is 0 Å². The summed E-state index contributed by atoms with van der Waals surface area (Å²) in [7, 11) is -2.15. The Labute approximate surface area is 220 Å². The molecular formula is C26H23F4N5O3S. The smallest absolute Gasteiger partial charge is 0.357 e. The van der Waals surface area contributed by atoms with Gasteiger partial charge >= 0.3 is 6.18 Å². The number of H-pyrrole nitrogens is 1. The minimum absolute atomic E-state index is 0.0564. The zero-order valence-corrected chi connectivity index (χ0v) is 21.8. The number of anilines is 1. The van der Waals surface area contributed by atoms with E-state index in [2.05, 4.69) is 14.7 Å². The number of imidazole rings is 1. The van der Waals surface area contributed by atoms with Crippen molar-refractivity contribution in [2.24, 2.45) is 7.05 Å². The van der Waals surface area contributed by atoms with Crippen molar-refractivity contribution in [1.29, 1.82) is 0 Å². The van der Waals surface area contributed by atoms with Crippen molar-refractivity contribution < 1.29 is 26.0 Å². The zero-order chi connectivity index (χ0) is 28.3. The van der Waals surface area contributed by atoms with Crippen LogP contribution in [-0.2, 0) is 29.8 Å². The first kappa shape index (κ1) is 26.5. The number of fused-ring (bicyclic) bond motifs is 2. The molecule has 0 atom stereocenters. The first-order valence-corrected chi connectivity index (χ1v) is 13.5. The van der Waals surface area contributed by atoms with Crippen molar-refractivity contribution in [2.45, 2.75) is 26.6 Å². The number of halogens is 4. The van der Waals surface area contributed by atoms with Crippen molar-refractivity contribution in [1.82, 2.24) is 19.1 Å². The van der Waals surface area contributed by atoms with E-state index in [9.17, 15) is 30.8 Å². The largest absolute Gasteiger partial charge is 0.416 e. The van der Waals surface area contributed by atoms with Crippen molar-refractivity contribution >= 4 is 37.6 Å². The van der Waals surface area contributed by atoms with Crippen molar-refractivity contribution in [2.75, 3.05) is 10.5 Å². The number of pyridine rings is 1. The van der Waals surface area contributed by atoms with E-state index in [1.165, 1.54) is 11.5 Å². The summed E-state index contributed by atoms with van der Waals surface area (Å²) >= 11 is 0. The lowest BCUT2D eigenvalue weighted by Crippen LogP contribution is -2.17. The van der Waals surface area contributed by atoms with Crippen LogP contribution in [0.15, 0.2) is 53.6 Å². The number of benzene rings is 2. The molecular weight excluding hydrogens is 538 g/mol. The Morgan fingerprint density at radius 1 is 1.13 bits per heavy atom. The minimum atomic E-state index is -4.73. The molecule has 0 aliphatic carbocycles. The third-order valence-electron chi connectivity index (χ3n) is 6.52. The number of nitrogens with zero attached hydrogens (tertiary/aromatic N) is 3. The quantitative estimate of drug-likeness (QED) is 0.280. The molecule has 2 aromatic carbocycles. The zero-order valence-electron chi connectivity index (χ0n) is 21.0. The van der Waals surface area contributed by atoms with Crippen LogP contribution in [0.25, 0.3) is 33.1 Å². The van der Waals surface area contributed by atoms with Gasteiger partial charge in [-0.15, -0.1) is 0 Å². The molecule has 5 rings (SSSR count). The van der Waals surface area contributed by atoms with Crippen molar-refractivity contribution in [3.63, 3.8) is 0 Å². The van der Waals surface area contributed by atoms with Crippen LogP contribution in [0.3, 0.4) is 0 Å². The monoisotopic (exact) mass is 561 g/mol. The Morgan fingerprint density at radius 3 is 2.56 bits per heavy atom. The van der Waals surface area contributed by atoms with Gasteiger partial charge in [0.05, 0.1) is 22.5 Å². The molecule has 8 nitrogen and oxygen atoms in total. The normalized spacial score (nSPS) is 12.5. The van der Waals surface area contributed by atoms with Gasteiger partial charge in [-0.2, -0.15) is 13.2 Å². The summed E-state index contributed by atoms with van der Waals surface area (Å²) in [5.41, 5.74) is 1.05. The fourth-order valence-electron chi connectivity index (χ4n) is 4.60. The highest BCUT2D eigenvalue weighted by molar-refractivity contribution is 7.92. The molecule has 0 amide bonds.